The van der Waals surface area contributed by atoms with E-state index in [1.54, 1.807) is 32.3 Å². The molecule has 0 saturated heterocycles. The number of benzene rings is 2. The SMILES string of the molecule is Cc1cc(-c2cc(C=N)c(C)c(C(C)C)c2)cc(F)c1NS(=O)(=O)Cc1ccn(C)n1. The normalized spacial score (nSPS) is 11.7. The van der Waals surface area contributed by atoms with Crippen LogP contribution in [-0.2, 0) is 22.8 Å². The van der Waals surface area contributed by atoms with Crippen LogP contribution >= 0.6 is 0 Å². The maximum atomic E-state index is 15.0. The molecular formula is C23H27FN4O2S. The summed E-state index contributed by atoms with van der Waals surface area (Å²) >= 11 is 0. The van der Waals surface area contributed by atoms with Crippen LogP contribution < -0.4 is 4.72 Å². The minimum atomic E-state index is -3.83. The van der Waals surface area contributed by atoms with Gasteiger partial charge in [0, 0.05) is 19.5 Å². The summed E-state index contributed by atoms with van der Waals surface area (Å²) in [4.78, 5) is 0. The molecule has 0 spiro atoms. The summed E-state index contributed by atoms with van der Waals surface area (Å²) in [5.74, 6) is -0.739. The van der Waals surface area contributed by atoms with Crippen molar-refractivity contribution < 1.29 is 12.8 Å². The fraction of sp³-hybridized carbons (Fsp3) is 0.304. The largest absolute Gasteiger partial charge is 0.308 e. The maximum absolute atomic E-state index is 15.0. The van der Waals surface area contributed by atoms with Gasteiger partial charge in [-0.25, -0.2) is 12.8 Å². The van der Waals surface area contributed by atoms with Crippen LogP contribution in [0.25, 0.3) is 11.1 Å². The molecule has 0 radical (unpaired) electrons. The van der Waals surface area contributed by atoms with Crippen molar-refractivity contribution in [2.45, 2.75) is 39.4 Å². The third-order valence-electron chi connectivity index (χ3n) is 5.25. The number of aromatic nitrogens is 2. The van der Waals surface area contributed by atoms with Crippen LogP contribution in [0.2, 0.25) is 0 Å². The van der Waals surface area contributed by atoms with E-state index in [2.05, 4.69) is 23.7 Å². The Bertz CT molecular complexity index is 1220. The lowest BCUT2D eigenvalue weighted by Gasteiger charge is -2.17. The second kappa shape index (κ2) is 8.63. The molecule has 0 bridgehead atoms. The number of hydrogen-bond donors (Lipinski definition) is 2. The van der Waals surface area contributed by atoms with Crippen LogP contribution in [0, 0.1) is 25.1 Å². The first-order chi connectivity index (χ1) is 14.5. The van der Waals surface area contributed by atoms with Gasteiger partial charge in [-0.15, -0.1) is 0 Å². The molecule has 3 aromatic rings. The summed E-state index contributed by atoms with van der Waals surface area (Å²) in [5, 5.41) is 11.8. The van der Waals surface area contributed by atoms with E-state index in [1.165, 1.54) is 17.0 Å². The lowest BCUT2D eigenvalue weighted by molar-refractivity contribution is 0.596. The number of aryl methyl sites for hydroxylation is 2. The van der Waals surface area contributed by atoms with Crippen molar-refractivity contribution >= 4 is 21.9 Å². The average molecular weight is 443 g/mol. The van der Waals surface area contributed by atoms with Crippen molar-refractivity contribution in [2.75, 3.05) is 4.72 Å². The van der Waals surface area contributed by atoms with Gasteiger partial charge in [-0.2, -0.15) is 5.10 Å². The zero-order valence-electron chi connectivity index (χ0n) is 18.3. The number of hydrogen-bond acceptors (Lipinski definition) is 4. The van der Waals surface area contributed by atoms with Gasteiger partial charge < -0.3 is 5.41 Å². The van der Waals surface area contributed by atoms with Gasteiger partial charge in [0.25, 0.3) is 0 Å². The van der Waals surface area contributed by atoms with Gasteiger partial charge in [-0.1, -0.05) is 19.9 Å². The van der Waals surface area contributed by atoms with Gasteiger partial charge in [0.05, 0.1) is 11.4 Å². The fourth-order valence-corrected chi connectivity index (χ4v) is 4.83. The van der Waals surface area contributed by atoms with Crippen molar-refractivity contribution in [3.8, 4) is 11.1 Å². The minimum absolute atomic E-state index is 0.0665. The van der Waals surface area contributed by atoms with Crippen molar-refractivity contribution in [2.24, 2.45) is 7.05 Å². The molecule has 0 unspecified atom stereocenters. The van der Waals surface area contributed by atoms with Gasteiger partial charge in [0.2, 0.25) is 10.0 Å². The lowest BCUT2D eigenvalue weighted by atomic mass is 9.89. The summed E-state index contributed by atoms with van der Waals surface area (Å²) in [6.45, 7) is 7.79. The van der Waals surface area contributed by atoms with E-state index in [1.807, 2.05) is 19.1 Å². The molecule has 31 heavy (non-hydrogen) atoms. The van der Waals surface area contributed by atoms with Crippen molar-refractivity contribution in [1.29, 1.82) is 5.41 Å². The number of anilines is 1. The quantitative estimate of drug-likeness (QED) is 0.510. The van der Waals surface area contributed by atoms with E-state index in [4.69, 9.17) is 5.41 Å². The number of rotatable bonds is 7. The Morgan fingerprint density at radius 2 is 1.87 bits per heavy atom. The summed E-state index contributed by atoms with van der Waals surface area (Å²) in [6, 6.07) is 8.55. The molecule has 0 aliphatic rings. The summed E-state index contributed by atoms with van der Waals surface area (Å²) in [5.41, 5.74) is 5.11. The average Bonchev–Trinajstić information content (AvgIpc) is 3.08. The number of sulfonamides is 1. The van der Waals surface area contributed by atoms with Gasteiger partial charge >= 0.3 is 0 Å². The molecule has 8 heteroatoms. The molecule has 0 fully saturated rings. The highest BCUT2D eigenvalue weighted by Gasteiger charge is 2.19. The van der Waals surface area contributed by atoms with E-state index in [-0.39, 0.29) is 17.4 Å². The Morgan fingerprint density at radius 3 is 2.42 bits per heavy atom. The molecule has 1 heterocycles. The Labute approximate surface area is 182 Å². The Kier molecular flexibility index (Phi) is 6.31. The summed E-state index contributed by atoms with van der Waals surface area (Å²) in [7, 11) is -2.13. The predicted octanol–water partition coefficient (Wildman–Crippen LogP) is 4.91. The van der Waals surface area contributed by atoms with Crippen LogP contribution in [0.3, 0.4) is 0 Å². The lowest BCUT2D eigenvalue weighted by Crippen LogP contribution is -2.17. The highest BCUT2D eigenvalue weighted by Crippen LogP contribution is 2.33. The van der Waals surface area contributed by atoms with Crippen LogP contribution in [-0.4, -0.2) is 24.4 Å². The second-order valence-corrected chi connectivity index (χ2v) is 9.79. The highest BCUT2D eigenvalue weighted by molar-refractivity contribution is 7.91. The minimum Gasteiger partial charge on any atom is -0.308 e. The topological polar surface area (TPSA) is 87.8 Å². The second-order valence-electron chi connectivity index (χ2n) is 8.07. The third-order valence-corrected chi connectivity index (χ3v) is 6.44. The van der Waals surface area contributed by atoms with Crippen LogP contribution in [0.5, 0.6) is 0 Å². The van der Waals surface area contributed by atoms with E-state index in [9.17, 15) is 12.8 Å². The number of halogens is 1. The van der Waals surface area contributed by atoms with Crippen molar-refractivity contribution in [3.63, 3.8) is 0 Å². The van der Waals surface area contributed by atoms with Crippen LogP contribution in [0.1, 0.15) is 47.7 Å². The van der Waals surface area contributed by atoms with Gasteiger partial charge in [-0.05, 0) is 77.4 Å². The molecule has 2 aromatic carbocycles. The molecule has 0 aliphatic heterocycles. The first kappa shape index (κ1) is 22.7. The van der Waals surface area contributed by atoms with Crippen molar-refractivity contribution in [3.05, 3.63) is 70.3 Å². The van der Waals surface area contributed by atoms with E-state index >= 15 is 0 Å². The first-order valence-corrected chi connectivity index (χ1v) is 11.6. The smallest absolute Gasteiger partial charge is 0.238 e. The summed E-state index contributed by atoms with van der Waals surface area (Å²) in [6.07, 6.45) is 2.95. The highest BCUT2D eigenvalue weighted by atomic mass is 32.2. The Morgan fingerprint density at radius 1 is 1.19 bits per heavy atom. The zero-order chi connectivity index (χ0) is 22.9. The molecule has 0 aliphatic carbocycles. The van der Waals surface area contributed by atoms with Gasteiger partial charge in [0.15, 0.2) is 0 Å². The molecule has 1 aromatic heterocycles. The molecule has 0 atom stereocenters. The molecule has 2 N–H and O–H groups in total. The molecule has 0 amide bonds. The molecule has 0 saturated carbocycles. The van der Waals surface area contributed by atoms with E-state index < -0.39 is 15.8 Å². The molecule has 6 nitrogen and oxygen atoms in total. The fourth-order valence-electron chi connectivity index (χ4n) is 3.64. The third kappa shape index (κ3) is 5.02. The van der Waals surface area contributed by atoms with E-state index in [0.29, 0.717) is 16.8 Å². The van der Waals surface area contributed by atoms with Crippen LogP contribution in [0.15, 0.2) is 36.5 Å². The standard InChI is InChI=1S/C23H27FN4O2S/c1-14(2)21-10-18(9-19(12-25)16(21)4)17-8-15(3)23(22(24)11-17)27-31(29,30)13-20-6-7-28(5)26-20/h6-12,14,25,27H,13H2,1-5H3. The maximum Gasteiger partial charge on any atom is 0.238 e. The van der Waals surface area contributed by atoms with Crippen LogP contribution in [0.4, 0.5) is 10.1 Å². The monoisotopic (exact) mass is 442 g/mol. The summed E-state index contributed by atoms with van der Waals surface area (Å²) < 4.78 is 43.9. The van der Waals surface area contributed by atoms with Gasteiger partial charge in [-0.3, -0.25) is 9.40 Å². The predicted molar refractivity (Wildman–Crippen MR) is 123 cm³/mol. The Balaban J connectivity index is 1.97. The van der Waals surface area contributed by atoms with Crippen molar-refractivity contribution in [1.82, 2.24) is 9.78 Å². The van der Waals surface area contributed by atoms with Gasteiger partial charge in [0.1, 0.15) is 11.6 Å². The van der Waals surface area contributed by atoms with E-state index in [0.717, 1.165) is 22.3 Å². The zero-order valence-corrected chi connectivity index (χ0v) is 19.1. The molecular weight excluding hydrogens is 415 g/mol. The Hall–Kier alpha value is -3.00. The molecule has 3 rings (SSSR count). The molecule has 164 valence electrons. The first-order valence-electron chi connectivity index (χ1n) is 9.95. The number of nitrogens with zero attached hydrogens (tertiary/aromatic N) is 2. The number of nitrogens with one attached hydrogen (secondary N) is 2.